The van der Waals surface area contributed by atoms with Crippen molar-refractivity contribution in [3.05, 3.63) is 11.9 Å². The molecular formula is C18H26N4O4. The van der Waals surface area contributed by atoms with Gasteiger partial charge in [0.15, 0.2) is 5.79 Å². The molecule has 3 saturated heterocycles. The zero-order chi connectivity index (χ0) is 18.1. The first kappa shape index (κ1) is 17.5. The third-order valence-corrected chi connectivity index (χ3v) is 5.64. The fraction of sp³-hybridized carbons (Fsp3) is 0.722. The second kappa shape index (κ2) is 7.00. The van der Waals surface area contributed by atoms with E-state index in [1.807, 2.05) is 13.0 Å². The molecule has 3 aliphatic rings. The van der Waals surface area contributed by atoms with Crippen LogP contribution in [0.3, 0.4) is 0 Å². The van der Waals surface area contributed by atoms with Gasteiger partial charge in [0.2, 0.25) is 0 Å². The van der Waals surface area contributed by atoms with Gasteiger partial charge in [0, 0.05) is 45.1 Å². The first-order valence-electron chi connectivity index (χ1n) is 9.41. The number of anilines is 2. The van der Waals surface area contributed by atoms with Gasteiger partial charge >= 0.3 is 5.97 Å². The SMILES string of the molecule is Cc1nc(N2CCC(C(=O)O)CC2)cc(N2CCC3(CC2)OCCO3)n1. The summed E-state index contributed by atoms with van der Waals surface area (Å²) in [6.07, 6.45) is 3.01. The molecule has 1 spiro atoms. The Kier molecular flexibility index (Phi) is 4.71. The number of aryl methyl sites for hydroxylation is 1. The zero-order valence-electron chi connectivity index (χ0n) is 15.2. The Morgan fingerprint density at radius 3 is 2.15 bits per heavy atom. The highest BCUT2D eigenvalue weighted by molar-refractivity contribution is 5.70. The number of rotatable bonds is 3. The second-order valence-electron chi connectivity index (χ2n) is 7.33. The molecule has 26 heavy (non-hydrogen) atoms. The van der Waals surface area contributed by atoms with Crippen LogP contribution in [0.5, 0.6) is 0 Å². The Balaban J connectivity index is 1.44. The molecule has 0 unspecified atom stereocenters. The lowest BCUT2D eigenvalue weighted by Crippen LogP contribution is -2.45. The highest BCUT2D eigenvalue weighted by Gasteiger charge is 2.40. The molecule has 1 aromatic heterocycles. The van der Waals surface area contributed by atoms with Crippen LogP contribution < -0.4 is 9.80 Å². The molecule has 0 aliphatic carbocycles. The molecule has 8 nitrogen and oxygen atoms in total. The largest absolute Gasteiger partial charge is 0.481 e. The van der Waals surface area contributed by atoms with Gasteiger partial charge in [-0.2, -0.15) is 0 Å². The molecule has 1 aromatic rings. The quantitative estimate of drug-likeness (QED) is 0.864. The van der Waals surface area contributed by atoms with E-state index < -0.39 is 5.97 Å². The van der Waals surface area contributed by atoms with E-state index >= 15 is 0 Å². The standard InChI is InChI=1S/C18H26N4O4/c1-13-19-15(21-6-2-14(3-7-21)17(23)24)12-16(20-13)22-8-4-18(5-9-22)25-10-11-26-18/h12,14H,2-11H2,1H3,(H,23,24). The van der Waals surface area contributed by atoms with E-state index in [1.54, 1.807) is 0 Å². The summed E-state index contributed by atoms with van der Waals surface area (Å²) < 4.78 is 11.6. The summed E-state index contributed by atoms with van der Waals surface area (Å²) in [5, 5.41) is 9.17. The number of hydrogen-bond donors (Lipinski definition) is 1. The molecule has 3 aliphatic heterocycles. The average Bonchev–Trinajstić information content (AvgIpc) is 3.10. The van der Waals surface area contributed by atoms with Gasteiger partial charge in [0.1, 0.15) is 17.5 Å². The predicted octanol–water partition coefficient (Wildman–Crippen LogP) is 1.43. The van der Waals surface area contributed by atoms with Gasteiger partial charge in [-0.3, -0.25) is 4.79 Å². The Bertz CT molecular complexity index is 659. The minimum absolute atomic E-state index is 0.238. The molecule has 4 rings (SSSR count). The van der Waals surface area contributed by atoms with Crippen molar-refractivity contribution in [2.24, 2.45) is 5.92 Å². The molecule has 8 heteroatoms. The lowest BCUT2D eigenvalue weighted by Gasteiger charge is -2.38. The summed E-state index contributed by atoms with van der Waals surface area (Å²) in [7, 11) is 0. The molecule has 4 heterocycles. The van der Waals surface area contributed by atoms with E-state index in [0.29, 0.717) is 26.1 Å². The molecule has 0 saturated carbocycles. The number of piperidine rings is 2. The lowest BCUT2D eigenvalue weighted by atomic mass is 9.97. The van der Waals surface area contributed by atoms with E-state index in [9.17, 15) is 4.79 Å². The molecular weight excluding hydrogens is 336 g/mol. The van der Waals surface area contributed by atoms with Gasteiger partial charge in [-0.25, -0.2) is 9.97 Å². The maximum Gasteiger partial charge on any atom is 0.306 e. The van der Waals surface area contributed by atoms with Gasteiger partial charge in [-0.05, 0) is 19.8 Å². The van der Waals surface area contributed by atoms with Gasteiger partial charge in [0.25, 0.3) is 0 Å². The van der Waals surface area contributed by atoms with Crippen LogP contribution in [-0.2, 0) is 14.3 Å². The summed E-state index contributed by atoms with van der Waals surface area (Å²) in [5.41, 5.74) is 0. The van der Waals surface area contributed by atoms with E-state index in [-0.39, 0.29) is 11.7 Å². The molecule has 0 radical (unpaired) electrons. The number of hydrogen-bond acceptors (Lipinski definition) is 7. The maximum atomic E-state index is 11.1. The topological polar surface area (TPSA) is 88.0 Å². The van der Waals surface area contributed by atoms with Crippen molar-refractivity contribution < 1.29 is 19.4 Å². The number of carboxylic acid groups (broad SMARTS) is 1. The smallest absolute Gasteiger partial charge is 0.306 e. The van der Waals surface area contributed by atoms with Crippen LogP contribution in [0.1, 0.15) is 31.5 Å². The highest BCUT2D eigenvalue weighted by Crippen LogP contribution is 2.33. The van der Waals surface area contributed by atoms with Crippen molar-refractivity contribution in [2.75, 3.05) is 49.2 Å². The van der Waals surface area contributed by atoms with E-state index in [0.717, 1.165) is 56.5 Å². The van der Waals surface area contributed by atoms with Crippen LogP contribution in [0, 0.1) is 12.8 Å². The van der Waals surface area contributed by atoms with Crippen LogP contribution in [0.25, 0.3) is 0 Å². The Morgan fingerprint density at radius 1 is 1.08 bits per heavy atom. The van der Waals surface area contributed by atoms with Crippen LogP contribution in [0.15, 0.2) is 6.07 Å². The Hall–Kier alpha value is -1.93. The number of carboxylic acids is 1. The summed E-state index contributed by atoms with van der Waals surface area (Å²) in [5.74, 6) is 1.25. The van der Waals surface area contributed by atoms with Crippen molar-refractivity contribution in [1.82, 2.24) is 9.97 Å². The van der Waals surface area contributed by atoms with Gasteiger partial charge in [0.05, 0.1) is 19.1 Å². The minimum Gasteiger partial charge on any atom is -0.481 e. The van der Waals surface area contributed by atoms with E-state index in [4.69, 9.17) is 14.6 Å². The van der Waals surface area contributed by atoms with Crippen LogP contribution in [0.4, 0.5) is 11.6 Å². The average molecular weight is 362 g/mol. The fourth-order valence-electron chi connectivity index (χ4n) is 4.08. The Morgan fingerprint density at radius 2 is 1.62 bits per heavy atom. The number of carbonyl (C=O) groups is 1. The first-order valence-corrected chi connectivity index (χ1v) is 9.41. The number of ether oxygens (including phenoxy) is 2. The summed E-state index contributed by atoms with van der Waals surface area (Å²) in [6, 6.07) is 2.03. The van der Waals surface area contributed by atoms with Gasteiger partial charge in [-0.1, -0.05) is 0 Å². The molecule has 3 fully saturated rings. The predicted molar refractivity (Wildman–Crippen MR) is 95.4 cm³/mol. The molecule has 0 bridgehead atoms. The highest BCUT2D eigenvalue weighted by atomic mass is 16.7. The van der Waals surface area contributed by atoms with Gasteiger partial charge in [-0.15, -0.1) is 0 Å². The van der Waals surface area contributed by atoms with Crippen LogP contribution in [0.2, 0.25) is 0 Å². The zero-order valence-corrected chi connectivity index (χ0v) is 15.2. The molecule has 142 valence electrons. The molecule has 0 atom stereocenters. The number of aliphatic carboxylic acids is 1. The number of aromatic nitrogens is 2. The third-order valence-electron chi connectivity index (χ3n) is 5.64. The number of nitrogens with zero attached hydrogens (tertiary/aromatic N) is 4. The minimum atomic E-state index is -0.692. The Labute approximate surface area is 153 Å². The third kappa shape index (κ3) is 3.48. The fourth-order valence-corrected chi connectivity index (χ4v) is 4.08. The van der Waals surface area contributed by atoms with Crippen molar-refractivity contribution in [3.63, 3.8) is 0 Å². The summed E-state index contributed by atoms with van der Waals surface area (Å²) in [4.78, 5) is 24.8. The normalized spacial score (nSPS) is 23.6. The van der Waals surface area contributed by atoms with Crippen molar-refractivity contribution in [3.8, 4) is 0 Å². The summed E-state index contributed by atoms with van der Waals surface area (Å²) in [6.45, 7) is 6.40. The molecule has 0 amide bonds. The molecule has 1 N–H and O–H groups in total. The summed E-state index contributed by atoms with van der Waals surface area (Å²) >= 11 is 0. The second-order valence-corrected chi connectivity index (χ2v) is 7.33. The van der Waals surface area contributed by atoms with Crippen LogP contribution in [-0.4, -0.2) is 66.2 Å². The first-order chi connectivity index (χ1) is 12.5. The van der Waals surface area contributed by atoms with Gasteiger partial charge < -0.3 is 24.4 Å². The van der Waals surface area contributed by atoms with E-state index in [2.05, 4.69) is 19.8 Å². The van der Waals surface area contributed by atoms with Crippen LogP contribution >= 0.6 is 0 Å². The lowest BCUT2D eigenvalue weighted by molar-refractivity contribution is -0.169. The van der Waals surface area contributed by atoms with Crippen molar-refractivity contribution in [2.45, 2.75) is 38.4 Å². The molecule has 0 aromatic carbocycles. The monoisotopic (exact) mass is 362 g/mol. The van der Waals surface area contributed by atoms with Crippen molar-refractivity contribution in [1.29, 1.82) is 0 Å². The van der Waals surface area contributed by atoms with E-state index in [1.165, 1.54) is 0 Å². The van der Waals surface area contributed by atoms with Crippen molar-refractivity contribution >= 4 is 17.6 Å². The maximum absolute atomic E-state index is 11.1.